The van der Waals surface area contributed by atoms with Crippen molar-refractivity contribution in [2.75, 3.05) is 0 Å². The first-order valence-electron chi connectivity index (χ1n) is 6.54. The van der Waals surface area contributed by atoms with Crippen molar-refractivity contribution in [3.05, 3.63) is 59.9 Å². The van der Waals surface area contributed by atoms with Crippen LogP contribution in [0.15, 0.2) is 52.9 Å². The molecular weight excluding hydrogens is 236 g/mol. The fourth-order valence-electron chi connectivity index (χ4n) is 2.54. The lowest BCUT2D eigenvalue weighted by Gasteiger charge is -2.07. The summed E-state index contributed by atoms with van der Waals surface area (Å²) in [6.45, 7) is 2.13. The van der Waals surface area contributed by atoms with Crippen LogP contribution >= 0.6 is 0 Å². The van der Waals surface area contributed by atoms with Gasteiger partial charge in [0.2, 0.25) is 0 Å². The number of aliphatic hydroxyl groups excluding tert-OH is 1. The summed E-state index contributed by atoms with van der Waals surface area (Å²) < 4.78 is 5.92. The van der Waals surface area contributed by atoms with E-state index in [9.17, 15) is 5.11 Å². The van der Waals surface area contributed by atoms with Gasteiger partial charge in [-0.1, -0.05) is 49.4 Å². The van der Waals surface area contributed by atoms with Crippen molar-refractivity contribution in [1.29, 1.82) is 0 Å². The number of hydrogen-bond acceptors (Lipinski definition) is 2. The van der Waals surface area contributed by atoms with Crippen molar-refractivity contribution in [2.24, 2.45) is 0 Å². The van der Waals surface area contributed by atoms with Crippen LogP contribution in [0.1, 0.15) is 18.2 Å². The molecule has 0 aliphatic heterocycles. The lowest BCUT2D eigenvalue weighted by Crippen LogP contribution is -1.90. The Hall–Kier alpha value is -2.06. The maximum absolute atomic E-state index is 9.52. The molecule has 2 aromatic carbocycles. The average Bonchev–Trinajstić information content (AvgIpc) is 2.85. The summed E-state index contributed by atoms with van der Waals surface area (Å²) in [4.78, 5) is 0. The molecule has 0 spiro atoms. The van der Waals surface area contributed by atoms with E-state index in [1.165, 1.54) is 0 Å². The van der Waals surface area contributed by atoms with Gasteiger partial charge in [-0.3, -0.25) is 0 Å². The first-order valence-corrected chi connectivity index (χ1v) is 6.54. The van der Waals surface area contributed by atoms with Gasteiger partial charge in [0.25, 0.3) is 0 Å². The first-order chi connectivity index (χ1) is 9.35. The molecule has 19 heavy (non-hydrogen) atoms. The molecule has 3 aromatic rings. The monoisotopic (exact) mass is 252 g/mol. The van der Waals surface area contributed by atoms with Gasteiger partial charge >= 0.3 is 0 Å². The Labute approximate surface area is 112 Å². The van der Waals surface area contributed by atoms with Crippen molar-refractivity contribution in [3.8, 4) is 11.1 Å². The Bertz CT molecular complexity index is 710. The number of aliphatic hydroxyl groups is 1. The summed E-state index contributed by atoms with van der Waals surface area (Å²) in [6, 6.07) is 16.0. The topological polar surface area (TPSA) is 33.4 Å². The molecular formula is C17H16O2. The average molecular weight is 252 g/mol. The van der Waals surface area contributed by atoms with Crippen LogP contribution in [-0.2, 0) is 13.0 Å². The van der Waals surface area contributed by atoms with Crippen LogP contribution in [0, 0.1) is 0 Å². The fraction of sp³-hybridized carbons (Fsp3) is 0.176. The maximum atomic E-state index is 9.52. The van der Waals surface area contributed by atoms with Crippen LogP contribution in [0.2, 0.25) is 0 Å². The zero-order valence-electron chi connectivity index (χ0n) is 10.9. The molecule has 1 heterocycles. The fourth-order valence-corrected chi connectivity index (χ4v) is 2.54. The molecule has 3 rings (SSSR count). The smallest absolute Gasteiger partial charge is 0.134 e. The van der Waals surface area contributed by atoms with E-state index in [0.29, 0.717) is 0 Å². The van der Waals surface area contributed by atoms with Crippen molar-refractivity contribution in [1.82, 2.24) is 0 Å². The van der Waals surface area contributed by atoms with Crippen LogP contribution < -0.4 is 0 Å². The van der Waals surface area contributed by atoms with Gasteiger partial charge < -0.3 is 9.52 Å². The van der Waals surface area contributed by atoms with E-state index >= 15 is 0 Å². The highest BCUT2D eigenvalue weighted by Gasteiger charge is 2.16. The second-order valence-corrected chi connectivity index (χ2v) is 4.57. The van der Waals surface area contributed by atoms with Crippen LogP contribution in [0.4, 0.5) is 0 Å². The van der Waals surface area contributed by atoms with Gasteiger partial charge in [-0.2, -0.15) is 0 Å². The zero-order chi connectivity index (χ0) is 13.2. The highest BCUT2D eigenvalue weighted by molar-refractivity contribution is 5.96. The summed E-state index contributed by atoms with van der Waals surface area (Å²) >= 11 is 0. The van der Waals surface area contributed by atoms with Crippen molar-refractivity contribution in [2.45, 2.75) is 20.0 Å². The molecule has 0 fully saturated rings. The molecule has 0 saturated heterocycles. The molecule has 0 aliphatic carbocycles. The lowest BCUT2D eigenvalue weighted by molar-refractivity contribution is 0.282. The van der Waals surface area contributed by atoms with Crippen LogP contribution in [0.25, 0.3) is 22.1 Å². The molecule has 2 heteroatoms. The normalized spacial score (nSPS) is 11.1. The predicted molar refractivity (Wildman–Crippen MR) is 77.0 cm³/mol. The van der Waals surface area contributed by atoms with E-state index in [2.05, 4.69) is 13.0 Å². The Balaban J connectivity index is 2.34. The van der Waals surface area contributed by atoms with Crippen molar-refractivity contribution < 1.29 is 9.52 Å². The molecule has 0 radical (unpaired) electrons. The van der Waals surface area contributed by atoms with Crippen LogP contribution in [-0.4, -0.2) is 5.11 Å². The third-order valence-electron chi connectivity index (χ3n) is 3.45. The lowest BCUT2D eigenvalue weighted by atomic mass is 9.96. The first kappa shape index (κ1) is 12.0. The molecule has 0 amide bonds. The van der Waals surface area contributed by atoms with E-state index < -0.39 is 0 Å². The van der Waals surface area contributed by atoms with Crippen molar-refractivity contribution >= 4 is 11.0 Å². The maximum Gasteiger partial charge on any atom is 0.134 e. The summed E-state index contributed by atoms with van der Waals surface area (Å²) in [6.07, 6.45) is 0.837. The van der Waals surface area contributed by atoms with E-state index in [-0.39, 0.29) is 6.61 Å². The highest BCUT2D eigenvalue weighted by atomic mass is 16.3. The molecule has 2 nitrogen and oxygen atoms in total. The molecule has 96 valence electrons. The quantitative estimate of drug-likeness (QED) is 0.759. The Kier molecular flexibility index (Phi) is 3.10. The predicted octanol–water partition coefficient (Wildman–Crippen LogP) is 4.15. The number of para-hydroxylation sites is 1. The standard InChI is InChI=1S/C17H16O2/c1-2-15-17(13-8-4-3-7-12(13)11-18)14-9-5-6-10-16(14)19-15/h3-10,18H,2,11H2,1H3. The van der Waals surface area contributed by atoms with E-state index in [1.54, 1.807) is 0 Å². The van der Waals surface area contributed by atoms with Gasteiger partial charge in [0.15, 0.2) is 0 Å². The minimum atomic E-state index is 0.0405. The molecule has 0 unspecified atom stereocenters. The molecule has 0 atom stereocenters. The Morgan fingerprint density at radius 1 is 1.00 bits per heavy atom. The molecule has 0 saturated carbocycles. The van der Waals surface area contributed by atoms with Crippen LogP contribution in [0.3, 0.4) is 0 Å². The summed E-state index contributed by atoms with van der Waals surface area (Å²) in [5.41, 5.74) is 4.01. The van der Waals surface area contributed by atoms with Crippen molar-refractivity contribution in [3.63, 3.8) is 0 Å². The van der Waals surface area contributed by atoms with E-state index in [1.807, 2.05) is 42.5 Å². The summed E-state index contributed by atoms with van der Waals surface area (Å²) in [5, 5.41) is 10.6. The number of benzene rings is 2. The number of rotatable bonds is 3. The number of aryl methyl sites for hydroxylation is 1. The summed E-state index contributed by atoms with van der Waals surface area (Å²) in [5.74, 6) is 0.974. The second kappa shape index (κ2) is 4.90. The largest absolute Gasteiger partial charge is 0.460 e. The van der Waals surface area contributed by atoms with Gasteiger partial charge in [0.1, 0.15) is 11.3 Å². The van der Waals surface area contributed by atoms with Gasteiger partial charge in [-0.15, -0.1) is 0 Å². The minimum absolute atomic E-state index is 0.0405. The molecule has 1 aromatic heterocycles. The SMILES string of the molecule is CCc1oc2ccccc2c1-c1ccccc1CO. The van der Waals surface area contributed by atoms with Gasteiger partial charge in [0, 0.05) is 17.4 Å². The Morgan fingerprint density at radius 3 is 2.53 bits per heavy atom. The number of furan rings is 1. The molecule has 0 bridgehead atoms. The van der Waals surface area contributed by atoms with Gasteiger partial charge in [-0.25, -0.2) is 0 Å². The third kappa shape index (κ3) is 1.94. The minimum Gasteiger partial charge on any atom is -0.460 e. The molecule has 1 N–H and O–H groups in total. The highest BCUT2D eigenvalue weighted by Crippen LogP contribution is 2.36. The van der Waals surface area contributed by atoms with E-state index in [0.717, 1.165) is 39.8 Å². The Morgan fingerprint density at radius 2 is 1.74 bits per heavy atom. The third-order valence-corrected chi connectivity index (χ3v) is 3.45. The number of hydrogen-bond donors (Lipinski definition) is 1. The van der Waals surface area contributed by atoms with Crippen LogP contribution in [0.5, 0.6) is 0 Å². The second-order valence-electron chi connectivity index (χ2n) is 4.57. The van der Waals surface area contributed by atoms with Gasteiger partial charge in [-0.05, 0) is 17.2 Å². The zero-order valence-corrected chi connectivity index (χ0v) is 10.9. The molecule has 0 aliphatic rings. The summed E-state index contributed by atoms with van der Waals surface area (Å²) in [7, 11) is 0. The number of fused-ring (bicyclic) bond motifs is 1. The van der Waals surface area contributed by atoms with E-state index in [4.69, 9.17) is 4.42 Å². The van der Waals surface area contributed by atoms with Gasteiger partial charge in [0.05, 0.1) is 6.61 Å².